The molecule has 0 atom stereocenters. The fourth-order valence-corrected chi connectivity index (χ4v) is 3.04. The number of thiocarbonyl (C=S) groups is 1. The van der Waals surface area contributed by atoms with Crippen molar-refractivity contribution < 1.29 is 0 Å². The molecular weight excluding hydrogens is 280 g/mol. The molecule has 0 spiro atoms. The van der Waals surface area contributed by atoms with E-state index in [0.717, 1.165) is 4.24 Å². The highest BCUT2D eigenvalue weighted by atomic mass is 32.2. The van der Waals surface area contributed by atoms with Gasteiger partial charge < -0.3 is 0 Å². The van der Waals surface area contributed by atoms with Crippen LogP contribution in [0.15, 0.2) is 56.6 Å². The van der Waals surface area contributed by atoms with E-state index in [0.29, 0.717) is 9.81 Å². The summed E-state index contributed by atoms with van der Waals surface area (Å²) in [5.74, 6) is 0. The van der Waals surface area contributed by atoms with E-state index in [9.17, 15) is 0 Å². The van der Waals surface area contributed by atoms with E-state index in [1.54, 1.807) is 11.4 Å². The minimum Gasteiger partial charge on any atom is -0.192 e. The number of nitriles is 2. The molecule has 88 valence electrons. The van der Waals surface area contributed by atoms with Crippen LogP contribution in [0.1, 0.15) is 0 Å². The topological polar surface area (TPSA) is 47.6 Å². The second kappa shape index (κ2) is 8.54. The summed E-state index contributed by atoms with van der Waals surface area (Å²) in [6, 6.07) is 4.04. The van der Waals surface area contributed by atoms with Gasteiger partial charge in [-0.25, -0.2) is 0 Å². The highest BCUT2D eigenvalue weighted by Crippen LogP contribution is 2.48. The molecule has 5 heteroatoms. The van der Waals surface area contributed by atoms with Crippen molar-refractivity contribution in [1.29, 1.82) is 10.5 Å². The van der Waals surface area contributed by atoms with Gasteiger partial charge in [0.1, 0.15) is 21.9 Å². The fourth-order valence-electron chi connectivity index (χ4n) is 0.966. The second-order valence-electron chi connectivity index (χ2n) is 2.86. The molecule has 0 aliphatic carbocycles. The number of rotatable bonds is 4. The Morgan fingerprint density at radius 3 is 1.83 bits per heavy atom. The largest absolute Gasteiger partial charge is 0.192 e. The lowest BCUT2D eigenvalue weighted by Gasteiger charge is -1.88. The fraction of sp³-hybridized carbons (Fsp3) is 0. The molecule has 0 aromatic heterocycles. The molecule has 0 N–H and O–H groups in total. The van der Waals surface area contributed by atoms with E-state index in [-0.39, 0.29) is 0 Å². The number of nitrogens with zero attached hydrogens (tertiary/aromatic N) is 2. The minimum absolute atomic E-state index is 0.474. The molecule has 0 radical (unpaired) electrons. The zero-order valence-electron chi connectivity index (χ0n) is 9.24. The van der Waals surface area contributed by atoms with E-state index in [1.807, 2.05) is 48.6 Å². The minimum atomic E-state index is 0.474. The van der Waals surface area contributed by atoms with Crippen molar-refractivity contribution in [2.45, 2.75) is 0 Å². The summed E-state index contributed by atoms with van der Waals surface area (Å²) in [7, 11) is 0. The highest BCUT2D eigenvalue weighted by molar-refractivity contribution is 8.28. The molecule has 0 bridgehead atoms. The van der Waals surface area contributed by atoms with E-state index in [4.69, 9.17) is 10.5 Å². The van der Waals surface area contributed by atoms with Crippen LogP contribution in [-0.4, -0.2) is 5.37 Å². The van der Waals surface area contributed by atoms with Gasteiger partial charge in [0, 0.05) is 5.37 Å². The first-order chi connectivity index (χ1) is 8.81. The molecule has 1 aliphatic heterocycles. The van der Waals surface area contributed by atoms with Gasteiger partial charge in [0.15, 0.2) is 0 Å². The molecule has 0 saturated carbocycles. The number of allylic oxidation sites excluding steroid dienone is 9. The molecule has 18 heavy (non-hydrogen) atoms. The van der Waals surface area contributed by atoms with Gasteiger partial charge in [0.2, 0.25) is 0 Å². The van der Waals surface area contributed by atoms with E-state index in [2.05, 4.69) is 12.2 Å². The first-order valence-electron chi connectivity index (χ1n) is 4.87. The molecule has 1 rings (SSSR count). The van der Waals surface area contributed by atoms with Crippen molar-refractivity contribution in [1.82, 2.24) is 0 Å². The van der Waals surface area contributed by atoms with Gasteiger partial charge in [0.05, 0.1) is 4.24 Å². The lowest BCUT2D eigenvalue weighted by molar-refractivity contribution is 1.50. The Hall–Kier alpha value is -1.53. The predicted molar refractivity (Wildman–Crippen MR) is 82.6 cm³/mol. The van der Waals surface area contributed by atoms with Gasteiger partial charge >= 0.3 is 0 Å². The third-order valence-electron chi connectivity index (χ3n) is 1.68. The molecule has 2 nitrogen and oxygen atoms in total. The molecule has 0 saturated heterocycles. The molecule has 1 heterocycles. The van der Waals surface area contributed by atoms with E-state index >= 15 is 0 Å². The third kappa shape index (κ3) is 4.77. The van der Waals surface area contributed by atoms with Crippen molar-refractivity contribution in [2.24, 2.45) is 0 Å². The molecule has 0 aromatic carbocycles. The van der Waals surface area contributed by atoms with Crippen LogP contribution >= 0.6 is 35.7 Å². The molecule has 0 aromatic rings. The summed E-state index contributed by atoms with van der Waals surface area (Å²) < 4.78 is 0.933. The van der Waals surface area contributed by atoms with Gasteiger partial charge in [-0.05, 0) is 6.08 Å². The van der Waals surface area contributed by atoms with Crippen LogP contribution in [0.25, 0.3) is 0 Å². The Kier molecular flexibility index (Phi) is 6.90. The molecule has 0 amide bonds. The predicted octanol–water partition coefficient (Wildman–Crippen LogP) is 4.23. The number of hydrogen-bond donors (Lipinski definition) is 0. The van der Waals surface area contributed by atoms with Gasteiger partial charge in [-0.15, -0.1) is 0 Å². The van der Waals surface area contributed by atoms with Crippen molar-refractivity contribution in [3.8, 4) is 12.1 Å². The Bertz CT molecular complexity index is 524. The molecule has 0 unspecified atom stereocenters. The Balaban J connectivity index is 2.53. The van der Waals surface area contributed by atoms with E-state index < -0.39 is 0 Å². The van der Waals surface area contributed by atoms with Crippen molar-refractivity contribution in [3.63, 3.8) is 0 Å². The first kappa shape index (κ1) is 14.5. The summed E-state index contributed by atoms with van der Waals surface area (Å²) in [6.07, 6.45) is 13.0. The van der Waals surface area contributed by atoms with Crippen LogP contribution in [0.3, 0.4) is 0 Å². The average molecular weight is 288 g/mol. The standard InChI is InChI=1S/C13H8N2S3/c14-9-11-12(10-15)18-13(17-11)7-5-3-1-2-4-6-8-16/h1-8H/b2-1+,5-3+,6-4+. The van der Waals surface area contributed by atoms with Gasteiger partial charge in [-0.2, -0.15) is 10.5 Å². The summed E-state index contributed by atoms with van der Waals surface area (Å²) in [5.41, 5.74) is 0. The Morgan fingerprint density at radius 1 is 0.833 bits per heavy atom. The smallest absolute Gasteiger partial charge is 0.115 e. The third-order valence-corrected chi connectivity index (χ3v) is 4.14. The summed E-state index contributed by atoms with van der Waals surface area (Å²) >= 11 is 7.29. The van der Waals surface area contributed by atoms with Crippen molar-refractivity contribution in [3.05, 3.63) is 56.6 Å². The molecule has 1 aliphatic rings. The van der Waals surface area contributed by atoms with E-state index in [1.165, 1.54) is 23.5 Å². The first-order valence-corrected chi connectivity index (χ1v) is 6.98. The SMILES string of the molecule is N#CC1=C(C#N)SC(=C/C=C/C=C/C=C/C=S)S1. The maximum absolute atomic E-state index is 8.81. The van der Waals surface area contributed by atoms with Crippen LogP contribution in [-0.2, 0) is 0 Å². The second-order valence-corrected chi connectivity index (χ2v) is 5.50. The maximum Gasteiger partial charge on any atom is 0.115 e. The summed E-state index contributed by atoms with van der Waals surface area (Å²) in [5, 5.41) is 19.2. The molecule has 0 fully saturated rings. The molecular formula is C13H8N2S3. The van der Waals surface area contributed by atoms with Crippen molar-refractivity contribution in [2.75, 3.05) is 0 Å². The van der Waals surface area contributed by atoms with Crippen molar-refractivity contribution >= 4 is 41.1 Å². The van der Waals surface area contributed by atoms with Crippen LogP contribution < -0.4 is 0 Å². The van der Waals surface area contributed by atoms with Crippen LogP contribution in [0.4, 0.5) is 0 Å². The average Bonchev–Trinajstić information content (AvgIpc) is 2.80. The summed E-state index contributed by atoms with van der Waals surface area (Å²) in [6.45, 7) is 0. The Labute approximate surface area is 120 Å². The summed E-state index contributed by atoms with van der Waals surface area (Å²) in [4.78, 5) is 0.947. The van der Waals surface area contributed by atoms with Crippen LogP contribution in [0.2, 0.25) is 0 Å². The quantitative estimate of drug-likeness (QED) is 0.440. The number of thioether (sulfide) groups is 2. The van der Waals surface area contributed by atoms with Crippen LogP contribution in [0, 0.1) is 22.7 Å². The zero-order valence-corrected chi connectivity index (χ0v) is 11.7. The lowest BCUT2D eigenvalue weighted by Crippen LogP contribution is -1.66. The van der Waals surface area contributed by atoms with Crippen LogP contribution in [0.5, 0.6) is 0 Å². The Morgan fingerprint density at radius 2 is 1.33 bits per heavy atom. The van der Waals surface area contributed by atoms with Gasteiger partial charge in [-0.1, -0.05) is 72.2 Å². The van der Waals surface area contributed by atoms with Gasteiger partial charge in [0.25, 0.3) is 0 Å². The number of hydrogen-bond acceptors (Lipinski definition) is 5. The zero-order chi connectivity index (χ0) is 13.2. The normalized spacial score (nSPS) is 15.6. The lowest BCUT2D eigenvalue weighted by atomic mass is 10.4. The monoisotopic (exact) mass is 288 g/mol. The highest BCUT2D eigenvalue weighted by Gasteiger charge is 2.19. The maximum atomic E-state index is 8.81. The van der Waals surface area contributed by atoms with Gasteiger partial charge in [-0.3, -0.25) is 0 Å².